The second-order valence-electron chi connectivity index (χ2n) is 7.61. The van der Waals surface area contributed by atoms with Gasteiger partial charge in [-0.2, -0.15) is 4.98 Å². The third kappa shape index (κ3) is 5.79. The zero-order chi connectivity index (χ0) is 19.9. The average Bonchev–Trinajstić information content (AvgIpc) is 2.76. The van der Waals surface area contributed by atoms with Crippen LogP contribution < -0.4 is 15.5 Å². The van der Waals surface area contributed by atoms with Crippen LogP contribution in [0.5, 0.6) is 0 Å². The van der Waals surface area contributed by atoms with Crippen molar-refractivity contribution < 1.29 is 4.74 Å². The molecule has 8 nitrogen and oxygen atoms in total. The van der Waals surface area contributed by atoms with Crippen molar-refractivity contribution in [3.63, 3.8) is 0 Å². The second-order valence-corrected chi connectivity index (χ2v) is 7.61. The quantitative estimate of drug-likeness (QED) is 0.732. The van der Waals surface area contributed by atoms with Gasteiger partial charge in [-0.15, -0.1) is 0 Å². The zero-order valence-electron chi connectivity index (χ0n) is 17.2. The Bertz CT molecular complexity index is 756. The molecule has 2 aliphatic rings. The van der Waals surface area contributed by atoms with E-state index in [2.05, 4.69) is 66.6 Å². The minimum atomic E-state index is 0.605. The van der Waals surface area contributed by atoms with E-state index in [9.17, 15) is 0 Å². The molecule has 0 aliphatic carbocycles. The molecule has 3 heterocycles. The van der Waals surface area contributed by atoms with Gasteiger partial charge in [0.25, 0.3) is 0 Å². The number of rotatable bonds is 7. The number of anilines is 4. The SMILES string of the molecule is CN1CCN(c2ccc(Nc3nccc(NCCN4CCOCC4)n3)cc2)CC1. The number of hydrogen-bond acceptors (Lipinski definition) is 8. The number of morpholine rings is 1. The molecule has 0 radical (unpaired) electrons. The molecule has 2 aromatic rings. The summed E-state index contributed by atoms with van der Waals surface area (Å²) in [6, 6.07) is 10.4. The molecule has 1 aromatic heterocycles. The molecule has 2 N–H and O–H groups in total. The second kappa shape index (κ2) is 9.87. The van der Waals surface area contributed by atoms with E-state index in [1.807, 2.05) is 6.07 Å². The van der Waals surface area contributed by atoms with Crippen LogP contribution in [0.3, 0.4) is 0 Å². The summed E-state index contributed by atoms with van der Waals surface area (Å²) in [5, 5.41) is 6.69. The molecule has 0 amide bonds. The molecule has 2 aliphatic heterocycles. The molecular weight excluding hydrogens is 366 g/mol. The predicted octanol–water partition coefficient (Wildman–Crippen LogP) is 1.72. The van der Waals surface area contributed by atoms with E-state index in [1.54, 1.807) is 6.20 Å². The maximum atomic E-state index is 5.39. The first-order valence-electron chi connectivity index (χ1n) is 10.4. The molecule has 4 rings (SSSR count). The van der Waals surface area contributed by atoms with Gasteiger partial charge in [-0.25, -0.2) is 4.98 Å². The number of ether oxygens (including phenoxy) is 1. The van der Waals surface area contributed by atoms with Crippen molar-refractivity contribution >= 4 is 23.1 Å². The van der Waals surface area contributed by atoms with E-state index in [1.165, 1.54) is 5.69 Å². The Morgan fingerprint density at radius 2 is 1.72 bits per heavy atom. The van der Waals surface area contributed by atoms with Gasteiger partial charge in [0.15, 0.2) is 0 Å². The van der Waals surface area contributed by atoms with Crippen molar-refractivity contribution in [1.29, 1.82) is 0 Å². The molecule has 156 valence electrons. The summed E-state index contributed by atoms with van der Waals surface area (Å²) in [7, 11) is 2.18. The first kappa shape index (κ1) is 19.9. The number of aromatic nitrogens is 2. The predicted molar refractivity (Wildman–Crippen MR) is 117 cm³/mol. The topological polar surface area (TPSA) is 68.8 Å². The highest BCUT2D eigenvalue weighted by Crippen LogP contribution is 2.21. The van der Waals surface area contributed by atoms with Crippen molar-refractivity contribution in [3.8, 4) is 0 Å². The van der Waals surface area contributed by atoms with Gasteiger partial charge in [0.05, 0.1) is 13.2 Å². The van der Waals surface area contributed by atoms with Gasteiger partial charge in [0, 0.05) is 69.9 Å². The Balaban J connectivity index is 1.28. The summed E-state index contributed by atoms with van der Waals surface area (Å²) in [5.74, 6) is 1.44. The minimum absolute atomic E-state index is 0.605. The number of likely N-dealkylation sites (N-methyl/N-ethyl adjacent to an activating group) is 1. The lowest BCUT2D eigenvalue weighted by Gasteiger charge is -2.34. The lowest BCUT2D eigenvalue weighted by molar-refractivity contribution is 0.0398. The summed E-state index contributed by atoms with van der Waals surface area (Å²) in [4.78, 5) is 16.1. The summed E-state index contributed by atoms with van der Waals surface area (Å²) >= 11 is 0. The van der Waals surface area contributed by atoms with Crippen molar-refractivity contribution in [3.05, 3.63) is 36.5 Å². The van der Waals surface area contributed by atoms with Crippen molar-refractivity contribution in [2.75, 3.05) is 88.2 Å². The summed E-state index contributed by atoms with van der Waals surface area (Å²) in [6.07, 6.45) is 1.78. The smallest absolute Gasteiger partial charge is 0.229 e. The monoisotopic (exact) mass is 397 g/mol. The van der Waals surface area contributed by atoms with Crippen LogP contribution in [0.15, 0.2) is 36.5 Å². The third-order valence-electron chi connectivity index (χ3n) is 5.49. The van der Waals surface area contributed by atoms with Gasteiger partial charge in [-0.3, -0.25) is 4.90 Å². The van der Waals surface area contributed by atoms with Crippen LogP contribution in [0.25, 0.3) is 0 Å². The van der Waals surface area contributed by atoms with Gasteiger partial charge in [-0.05, 0) is 37.4 Å². The molecule has 29 heavy (non-hydrogen) atoms. The zero-order valence-corrected chi connectivity index (χ0v) is 17.2. The first-order chi connectivity index (χ1) is 14.3. The largest absolute Gasteiger partial charge is 0.379 e. The number of nitrogens with one attached hydrogen (secondary N) is 2. The lowest BCUT2D eigenvalue weighted by Crippen LogP contribution is -2.44. The maximum absolute atomic E-state index is 5.39. The first-order valence-corrected chi connectivity index (χ1v) is 10.4. The molecule has 0 unspecified atom stereocenters. The van der Waals surface area contributed by atoms with E-state index >= 15 is 0 Å². The molecular formula is C21H31N7O. The van der Waals surface area contributed by atoms with E-state index in [0.29, 0.717) is 5.95 Å². The Kier molecular flexibility index (Phi) is 6.76. The third-order valence-corrected chi connectivity index (χ3v) is 5.49. The fourth-order valence-corrected chi connectivity index (χ4v) is 3.63. The maximum Gasteiger partial charge on any atom is 0.229 e. The average molecular weight is 398 g/mol. The van der Waals surface area contributed by atoms with Crippen LogP contribution in [0.4, 0.5) is 23.1 Å². The Labute approximate surface area is 172 Å². The Morgan fingerprint density at radius 3 is 2.48 bits per heavy atom. The standard InChI is InChI=1S/C21H31N7O/c1-26-10-12-28(13-11-26)19-4-2-18(3-5-19)24-21-23-7-6-20(25-21)22-8-9-27-14-16-29-17-15-27/h2-7H,8-17H2,1H3,(H2,22,23,24,25). The number of piperazine rings is 1. The minimum Gasteiger partial charge on any atom is -0.379 e. The molecule has 2 saturated heterocycles. The fourth-order valence-electron chi connectivity index (χ4n) is 3.63. The Morgan fingerprint density at radius 1 is 0.966 bits per heavy atom. The van der Waals surface area contributed by atoms with Gasteiger partial charge in [-0.1, -0.05) is 0 Å². The normalized spacial score (nSPS) is 18.6. The Hall–Kier alpha value is -2.42. The van der Waals surface area contributed by atoms with Crippen LogP contribution >= 0.6 is 0 Å². The molecule has 0 spiro atoms. The van der Waals surface area contributed by atoms with Crippen LogP contribution in [0.2, 0.25) is 0 Å². The highest BCUT2D eigenvalue weighted by molar-refractivity contribution is 5.60. The van der Waals surface area contributed by atoms with Gasteiger partial charge < -0.3 is 25.2 Å². The van der Waals surface area contributed by atoms with Gasteiger partial charge >= 0.3 is 0 Å². The molecule has 0 atom stereocenters. The van der Waals surface area contributed by atoms with E-state index in [-0.39, 0.29) is 0 Å². The van der Waals surface area contributed by atoms with Crippen LogP contribution in [0, 0.1) is 0 Å². The van der Waals surface area contributed by atoms with Gasteiger partial charge in [0.1, 0.15) is 5.82 Å². The molecule has 2 fully saturated rings. The summed E-state index contributed by atoms with van der Waals surface area (Å²) < 4.78 is 5.39. The fraction of sp³-hybridized carbons (Fsp3) is 0.524. The van der Waals surface area contributed by atoms with Crippen LogP contribution in [0.1, 0.15) is 0 Å². The number of hydrogen-bond donors (Lipinski definition) is 2. The highest BCUT2D eigenvalue weighted by Gasteiger charge is 2.14. The summed E-state index contributed by atoms with van der Waals surface area (Å²) in [5.41, 5.74) is 2.26. The molecule has 8 heteroatoms. The number of nitrogens with zero attached hydrogens (tertiary/aromatic N) is 5. The number of benzene rings is 1. The van der Waals surface area contributed by atoms with Crippen molar-refractivity contribution in [2.24, 2.45) is 0 Å². The lowest BCUT2D eigenvalue weighted by atomic mass is 10.2. The van der Waals surface area contributed by atoms with E-state index < -0.39 is 0 Å². The highest BCUT2D eigenvalue weighted by atomic mass is 16.5. The van der Waals surface area contributed by atoms with E-state index in [0.717, 1.165) is 77.1 Å². The van der Waals surface area contributed by atoms with Gasteiger partial charge in [0.2, 0.25) is 5.95 Å². The summed E-state index contributed by atoms with van der Waals surface area (Å²) in [6.45, 7) is 9.88. The molecule has 0 bridgehead atoms. The van der Waals surface area contributed by atoms with E-state index in [4.69, 9.17) is 4.74 Å². The van der Waals surface area contributed by atoms with Crippen molar-refractivity contribution in [1.82, 2.24) is 19.8 Å². The molecule has 1 aromatic carbocycles. The van der Waals surface area contributed by atoms with Crippen molar-refractivity contribution in [2.45, 2.75) is 0 Å². The van der Waals surface area contributed by atoms with Crippen LogP contribution in [-0.2, 0) is 4.74 Å². The van der Waals surface area contributed by atoms with Crippen LogP contribution in [-0.4, -0.2) is 92.4 Å². The molecule has 0 saturated carbocycles.